The van der Waals surface area contributed by atoms with Crippen molar-refractivity contribution >= 4 is 40.2 Å². The first-order chi connectivity index (χ1) is 10.2. The molecule has 0 aliphatic heterocycles. The number of thioether (sulfide) groups is 1. The molecular formula is C12H8ClN5O2S. The van der Waals surface area contributed by atoms with Crippen LogP contribution >= 0.6 is 23.4 Å². The van der Waals surface area contributed by atoms with Crippen molar-refractivity contribution in [3.8, 4) is 5.69 Å². The first-order valence-corrected chi connectivity index (χ1v) is 7.20. The van der Waals surface area contributed by atoms with Crippen molar-refractivity contribution in [2.75, 3.05) is 5.75 Å². The number of carboxylic acid groups (broad SMARTS) is 1. The summed E-state index contributed by atoms with van der Waals surface area (Å²) in [7, 11) is 0. The Morgan fingerprint density at radius 3 is 3.05 bits per heavy atom. The second kappa shape index (κ2) is 5.66. The average Bonchev–Trinajstić information content (AvgIpc) is 2.94. The van der Waals surface area contributed by atoms with Crippen LogP contribution in [0.15, 0.2) is 35.6 Å². The second-order valence-corrected chi connectivity index (χ2v) is 5.37. The van der Waals surface area contributed by atoms with E-state index >= 15 is 0 Å². The minimum atomic E-state index is -0.936. The average molecular weight is 322 g/mol. The molecule has 1 N–H and O–H groups in total. The molecule has 0 saturated carbocycles. The van der Waals surface area contributed by atoms with E-state index in [0.717, 1.165) is 17.1 Å². The first-order valence-electron chi connectivity index (χ1n) is 5.83. The number of hydrogen-bond donors (Lipinski definition) is 1. The van der Waals surface area contributed by atoms with Crippen LogP contribution in [0.3, 0.4) is 0 Å². The fourth-order valence-corrected chi connectivity index (χ4v) is 2.66. The number of carboxylic acids is 1. The Hall–Kier alpha value is -2.19. The molecule has 1 aromatic carbocycles. The molecule has 3 rings (SSSR count). The lowest BCUT2D eigenvalue weighted by atomic mass is 10.2. The molecule has 21 heavy (non-hydrogen) atoms. The smallest absolute Gasteiger partial charge is 0.313 e. The van der Waals surface area contributed by atoms with Gasteiger partial charge in [-0.25, -0.2) is 0 Å². The Labute approximate surface area is 127 Å². The lowest BCUT2D eigenvalue weighted by Crippen LogP contribution is -2.04. The monoisotopic (exact) mass is 321 g/mol. The fraction of sp³-hybridized carbons (Fsp3) is 0.0833. The van der Waals surface area contributed by atoms with E-state index in [9.17, 15) is 4.79 Å². The number of pyridine rings is 1. The molecule has 2 heterocycles. The van der Waals surface area contributed by atoms with E-state index in [-0.39, 0.29) is 5.75 Å². The first kappa shape index (κ1) is 13.8. The van der Waals surface area contributed by atoms with E-state index < -0.39 is 5.97 Å². The highest BCUT2D eigenvalue weighted by molar-refractivity contribution is 7.99. The number of aromatic nitrogens is 5. The second-order valence-electron chi connectivity index (χ2n) is 4.02. The zero-order valence-electron chi connectivity index (χ0n) is 10.5. The van der Waals surface area contributed by atoms with E-state index in [1.807, 2.05) is 6.07 Å². The number of halogens is 1. The Balaban J connectivity index is 2.11. The van der Waals surface area contributed by atoms with Crippen LogP contribution in [0.5, 0.6) is 0 Å². The topological polar surface area (TPSA) is 93.8 Å². The minimum absolute atomic E-state index is 0.126. The predicted octanol–water partition coefficient (Wildman–Crippen LogP) is 2.04. The standard InChI is InChI=1S/C12H8ClN5O2S/c13-8-3-4-9(11-7(8)2-1-5-14-11)18-12(15-16-17-18)21-6-10(19)20/h1-5H,6H2,(H,19,20). The molecule has 0 aliphatic rings. The summed E-state index contributed by atoms with van der Waals surface area (Å²) in [4.78, 5) is 15.0. The molecule has 0 spiro atoms. The van der Waals surface area contributed by atoms with Crippen molar-refractivity contribution in [1.29, 1.82) is 0 Å². The van der Waals surface area contributed by atoms with Gasteiger partial charge in [-0.05, 0) is 34.7 Å². The van der Waals surface area contributed by atoms with Crippen LogP contribution in [0.2, 0.25) is 5.02 Å². The van der Waals surface area contributed by atoms with Crippen molar-refractivity contribution in [2.45, 2.75) is 5.16 Å². The van der Waals surface area contributed by atoms with Gasteiger partial charge in [-0.3, -0.25) is 9.78 Å². The number of fused-ring (bicyclic) bond motifs is 1. The van der Waals surface area contributed by atoms with Gasteiger partial charge in [-0.2, -0.15) is 4.68 Å². The van der Waals surface area contributed by atoms with Crippen LogP contribution in [0, 0.1) is 0 Å². The third-order valence-corrected chi connectivity index (χ3v) is 3.92. The summed E-state index contributed by atoms with van der Waals surface area (Å²) < 4.78 is 1.46. The molecule has 0 unspecified atom stereocenters. The van der Waals surface area contributed by atoms with Gasteiger partial charge in [0.15, 0.2) is 0 Å². The van der Waals surface area contributed by atoms with Gasteiger partial charge >= 0.3 is 5.97 Å². The Morgan fingerprint density at radius 2 is 2.24 bits per heavy atom. The zero-order chi connectivity index (χ0) is 14.8. The molecule has 0 atom stereocenters. The minimum Gasteiger partial charge on any atom is -0.481 e. The molecular weight excluding hydrogens is 314 g/mol. The van der Waals surface area contributed by atoms with Crippen molar-refractivity contribution in [3.05, 3.63) is 35.5 Å². The largest absolute Gasteiger partial charge is 0.481 e. The molecule has 3 aromatic rings. The molecule has 9 heteroatoms. The molecule has 0 saturated heterocycles. The maximum Gasteiger partial charge on any atom is 0.313 e. The van der Waals surface area contributed by atoms with Gasteiger partial charge in [-0.1, -0.05) is 23.4 Å². The number of benzene rings is 1. The van der Waals surface area contributed by atoms with E-state index in [2.05, 4.69) is 20.5 Å². The fourth-order valence-electron chi connectivity index (χ4n) is 1.84. The molecule has 0 fully saturated rings. The molecule has 7 nitrogen and oxygen atoms in total. The van der Waals surface area contributed by atoms with Crippen LogP contribution in [0.4, 0.5) is 0 Å². The number of nitrogens with zero attached hydrogens (tertiary/aromatic N) is 5. The molecule has 106 valence electrons. The number of rotatable bonds is 4. The van der Waals surface area contributed by atoms with Crippen molar-refractivity contribution < 1.29 is 9.90 Å². The van der Waals surface area contributed by atoms with E-state index in [4.69, 9.17) is 16.7 Å². The van der Waals surface area contributed by atoms with Crippen LogP contribution in [-0.4, -0.2) is 42.0 Å². The number of tetrazole rings is 1. The van der Waals surface area contributed by atoms with Crippen LogP contribution in [0.25, 0.3) is 16.6 Å². The van der Waals surface area contributed by atoms with Gasteiger partial charge in [0, 0.05) is 11.6 Å². The number of hydrogen-bond acceptors (Lipinski definition) is 6. The summed E-state index contributed by atoms with van der Waals surface area (Å²) in [5.41, 5.74) is 1.29. The van der Waals surface area contributed by atoms with Gasteiger partial charge in [0.05, 0.1) is 22.0 Å². The quantitative estimate of drug-likeness (QED) is 0.735. The third kappa shape index (κ3) is 2.67. The van der Waals surface area contributed by atoms with Crippen molar-refractivity contribution in [2.24, 2.45) is 0 Å². The number of aliphatic carboxylic acids is 1. The Bertz CT molecular complexity index is 822. The normalized spacial score (nSPS) is 10.9. The van der Waals surface area contributed by atoms with Gasteiger partial charge in [0.25, 0.3) is 0 Å². The van der Waals surface area contributed by atoms with Gasteiger partial charge < -0.3 is 5.11 Å². The summed E-state index contributed by atoms with van der Waals surface area (Å²) in [6, 6.07) is 7.12. The predicted molar refractivity (Wildman–Crippen MR) is 77.8 cm³/mol. The highest BCUT2D eigenvalue weighted by atomic mass is 35.5. The molecule has 0 bridgehead atoms. The van der Waals surface area contributed by atoms with Crippen molar-refractivity contribution in [3.63, 3.8) is 0 Å². The summed E-state index contributed by atoms with van der Waals surface area (Å²) in [6.45, 7) is 0. The maximum atomic E-state index is 10.7. The van der Waals surface area contributed by atoms with E-state index in [1.54, 1.807) is 24.4 Å². The van der Waals surface area contributed by atoms with Crippen LogP contribution in [0.1, 0.15) is 0 Å². The molecule has 0 radical (unpaired) electrons. The molecule has 0 amide bonds. The van der Waals surface area contributed by atoms with Gasteiger partial charge in [0.1, 0.15) is 0 Å². The number of carbonyl (C=O) groups is 1. The summed E-state index contributed by atoms with van der Waals surface area (Å²) in [5, 5.41) is 21.8. The van der Waals surface area contributed by atoms with Gasteiger partial charge in [-0.15, -0.1) is 5.10 Å². The third-order valence-electron chi connectivity index (χ3n) is 2.69. The van der Waals surface area contributed by atoms with E-state index in [0.29, 0.717) is 21.4 Å². The zero-order valence-corrected chi connectivity index (χ0v) is 12.0. The molecule has 2 aromatic heterocycles. The summed E-state index contributed by atoms with van der Waals surface area (Å²) >= 11 is 7.19. The van der Waals surface area contributed by atoms with Gasteiger partial charge in [0.2, 0.25) is 5.16 Å². The van der Waals surface area contributed by atoms with E-state index in [1.165, 1.54) is 4.68 Å². The summed E-state index contributed by atoms with van der Waals surface area (Å²) in [5.74, 6) is -1.06. The van der Waals surface area contributed by atoms with Crippen molar-refractivity contribution in [1.82, 2.24) is 25.2 Å². The lowest BCUT2D eigenvalue weighted by molar-refractivity contribution is -0.133. The Morgan fingerprint density at radius 1 is 1.38 bits per heavy atom. The maximum absolute atomic E-state index is 10.7. The highest BCUT2D eigenvalue weighted by Gasteiger charge is 2.14. The van der Waals surface area contributed by atoms with Crippen LogP contribution in [-0.2, 0) is 4.79 Å². The SMILES string of the molecule is O=C(O)CSc1nnnn1-c1ccc(Cl)c2cccnc12. The highest BCUT2D eigenvalue weighted by Crippen LogP contribution is 2.28. The summed E-state index contributed by atoms with van der Waals surface area (Å²) in [6.07, 6.45) is 1.65. The lowest BCUT2D eigenvalue weighted by Gasteiger charge is -2.07. The van der Waals surface area contributed by atoms with Crippen LogP contribution < -0.4 is 0 Å². The molecule has 0 aliphatic carbocycles. The Kier molecular flexibility index (Phi) is 3.72.